The molecule has 2 nitrogen and oxygen atoms in total. The van der Waals surface area contributed by atoms with Gasteiger partial charge in [-0.05, 0) is 18.0 Å². The molecule has 0 saturated heterocycles. The van der Waals surface area contributed by atoms with E-state index < -0.39 is 0 Å². The van der Waals surface area contributed by atoms with Gasteiger partial charge in [0.2, 0.25) is 0 Å². The monoisotopic (exact) mass is 123 g/mol. The van der Waals surface area contributed by atoms with Gasteiger partial charge in [0, 0.05) is 6.92 Å². The third kappa shape index (κ3) is 4.76. The Hall–Kier alpha value is -1.10. The fraction of sp³-hybridized carbons (Fsp3) is 0.429. The van der Waals surface area contributed by atoms with Crippen LogP contribution in [0.5, 0.6) is 0 Å². The van der Waals surface area contributed by atoms with Gasteiger partial charge >= 0.3 is 5.84 Å². The average Bonchev–Trinajstić information content (AvgIpc) is 1.85. The molecule has 0 amide bonds. The third-order valence-corrected chi connectivity index (χ3v) is 0.684. The van der Waals surface area contributed by atoms with Gasteiger partial charge in [-0.3, -0.25) is 0 Å². The first-order valence-electron chi connectivity index (χ1n) is 2.84. The summed E-state index contributed by atoms with van der Waals surface area (Å²) in [4.78, 5) is 7.75. The van der Waals surface area contributed by atoms with E-state index in [4.69, 9.17) is 0 Å². The maximum absolute atomic E-state index is 3.94. The molecule has 0 saturated carbocycles. The lowest BCUT2D eigenvalue weighted by molar-refractivity contribution is 1.50. The minimum absolute atomic E-state index is 0.732. The molecule has 0 aliphatic heterocycles. The maximum Gasteiger partial charge on any atom is 0.397 e. The summed E-state index contributed by atoms with van der Waals surface area (Å²) in [6.07, 6.45) is 3.56. The molecule has 0 N–H and O–H groups in total. The molecule has 0 aromatic rings. The molecule has 0 aliphatic rings. The third-order valence-electron chi connectivity index (χ3n) is 0.684. The number of rotatable bonds is 1. The summed E-state index contributed by atoms with van der Waals surface area (Å²) in [6.45, 7) is 5.49. The first-order valence-corrected chi connectivity index (χ1v) is 2.84. The van der Waals surface area contributed by atoms with Gasteiger partial charge in [0.25, 0.3) is 0 Å². The molecular formula is C7H11N2+. The van der Waals surface area contributed by atoms with Crippen LogP contribution in [0.25, 0.3) is 4.85 Å². The molecule has 0 aliphatic carbocycles. The highest BCUT2D eigenvalue weighted by atomic mass is 14.9. The van der Waals surface area contributed by atoms with E-state index in [2.05, 4.69) is 15.9 Å². The van der Waals surface area contributed by atoms with E-state index >= 15 is 0 Å². The SMILES string of the molecule is CC#[N+]/C(C)=N\C=C/C. The highest BCUT2D eigenvalue weighted by Crippen LogP contribution is 1.80. The van der Waals surface area contributed by atoms with Crippen LogP contribution in [0.2, 0.25) is 0 Å². The predicted molar refractivity (Wildman–Crippen MR) is 40.8 cm³/mol. The van der Waals surface area contributed by atoms with E-state index in [0.29, 0.717) is 0 Å². The molecule has 9 heavy (non-hydrogen) atoms. The topological polar surface area (TPSA) is 16.7 Å². The van der Waals surface area contributed by atoms with Crippen LogP contribution < -0.4 is 0 Å². The zero-order chi connectivity index (χ0) is 7.11. The van der Waals surface area contributed by atoms with Crippen LogP contribution in [0.15, 0.2) is 17.3 Å². The maximum atomic E-state index is 3.94. The first kappa shape index (κ1) is 7.90. The molecule has 0 radical (unpaired) electrons. The first-order chi connectivity index (χ1) is 4.31. The van der Waals surface area contributed by atoms with Gasteiger partial charge in [-0.1, -0.05) is 0 Å². The summed E-state index contributed by atoms with van der Waals surface area (Å²) < 4.78 is 0. The van der Waals surface area contributed by atoms with E-state index in [1.54, 1.807) is 13.1 Å². The van der Waals surface area contributed by atoms with E-state index in [1.807, 2.05) is 19.9 Å². The Morgan fingerprint density at radius 3 is 2.78 bits per heavy atom. The van der Waals surface area contributed by atoms with E-state index in [-0.39, 0.29) is 0 Å². The number of nitrogens with zero attached hydrogens (tertiary/aromatic N) is 2. The van der Waals surface area contributed by atoms with Crippen LogP contribution >= 0.6 is 0 Å². The lowest BCUT2D eigenvalue weighted by Gasteiger charge is -1.64. The molecule has 0 aromatic carbocycles. The van der Waals surface area contributed by atoms with E-state index in [0.717, 1.165) is 5.84 Å². The van der Waals surface area contributed by atoms with Gasteiger partial charge in [-0.25, -0.2) is 0 Å². The smallest absolute Gasteiger partial charge is 0.160 e. The Bertz CT molecular complexity index is 179. The molecule has 0 bridgehead atoms. The van der Waals surface area contributed by atoms with Crippen molar-refractivity contribution < 1.29 is 0 Å². The van der Waals surface area contributed by atoms with Crippen molar-refractivity contribution in [3.8, 4) is 6.07 Å². The second kappa shape index (κ2) is 5.04. The zero-order valence-electron chi connectivity index (χ0n) is 6.05. The summed E-state index contributed by atoms with van der Waals surface area (Å²) in [5.41, 5.74) is 0. The summed E-state index contributed by atoms with van der Waals surface area (Å²) in [5.74, 6) is 0.732. The van der Waals surface area contributed by atoms with Crippen LogP contribution in [0.3, 0.4) is 0 Å². The Balaban J connectivity index is 3.94. The second-order valence-corrected chi connectivity index (χ2v) is 1.49. The Kier molecular flexibility index (Phi) is 4.43. The lowest BCUT2D eigenvalue weighted by Crippen LogP contribution is -1.75. The Morgan fingerprint density at radius 2 is 2.33 bits per heavy atom. The molecule has 0 rings (SSSR count). The molecule has 0 atom stereocenters. The molecule has 0 fully saturated rings. The Morgan fingerprint density at radius 1 is 1.67 bits per heavy atom. The summed E-state index contributed by atoms with van der Waals surface area (Å²) in [5, 5.41) is 0. The van der Waals surface area contributed by atoms with Crippen molar-refractivity contribution in [3.05, 3.63) is 17.1 Å². The van der Waals surface area contributed by atoms with Crippen molar-refractivity contribution in [1.29, 1.82) is 0 Å². The number of amidine groups is 1. The van der Waals surface area contributed by atoms with Crippen molar-refractivity contribution in [2.24, 2.45) is 4.99 Å². The lowest BCUT2D eigenvalue weighted by atomic mass is 10.6. The standard InChI is InChI=1S/C7H11N2/c1-4-6-9-7(3)8-5-2/h4,6H,1-3H3/q+1/b6-4-,9-7-. The average molecular weight is 123 g/mol. The molecule has 0 heterocycles. The van der Waals surface area contributed by atoms with Crippen LogP contribution in [-0.4, -0.2) is 5.84 Å². The Labute approximate surface area is 55.7 Å². The minimum Gasteiger partial charge on any atom is -0.160 e. The summed E-state index contributed by atoms with van der Waals surface area (Å²) in [6, 6.07) is 2.64. The molecular weight excluding hydrogens is 112 g/mol. The highest BCUT2D eigenvalue weighted by Gasteiger charge is 1.91. The normalized spacial score (nSPS) is 11.2. The van der Waals surface area contributed by atoms with Crippen LogP contribution in [0.4, 0.5) is 0 Å². The molecule has 0 aromatic heterocycles. The second-order valence-electron chi connectivity index (χ2n) is 1.49. The van der Waals surface area contributed by atoms with Crippen LogP contribution in [0, 0.1) is 6.07 Å². The fourth-order valence-electron chi connectivity index (χ4n) is 0.373. The van der Waals surface area contributed by atoms with Crippen molar-refractivity contribution in [3.63, 3.8) is 0 Å². The highest BCUT2D eigenvalue weighted by molar-refractivity contribution is 5.90. The van der Waals surface area contributed by atoms with Crippen molar-refractivity contribution in [2.75, 3.05) is 0 Å². The van der Waals surface area contributed by atoms with E-state index in [1.165, 1.54) is 0 Å². The number of allylic oxidation sites excluding steroid dienone is 1. The molecule has 0 unspecified atom stereocenters. The number of hydrogen-bond acceptors (Lipinski definition) is 1. The van der Waals surface area contributed by atoms with Gasteiger partial charge in [-0.15, -0.1) is 0 Å². The number of hydrogen-bond donors (Lipinski definition) is 0. The molecule has 48 valence electrons. The van der Waals surface area contributed by atoms with Crippen molar-refractivity contribution >= 4 is 5.84 Å². The van der Waals surface area contributed by atoms with Crippen molar-refractivity contribution in [1.82, 2.24) is 0 Å². The van der Waals surface area contributed by atoms with Gasteiger partial charge in [-0.2, -0.15) is 4.85 Å². The summed E-state index contributed by atoms with van der Waals surface area (Å²) in [7, 11) is 0. The predicted octanol–water partition coefficient (Wildman–Crippen LogP) is 2.29. The molecule has 0 spiro atoms. The van der Waals surface area contributed by atoms with Crippen molar-refractivity contribution in [2.45, 2.75) is 20.8 Å². The van der Waals surface area contributed by atoms with Gasteiger partial charge in [0.15, 0.2) is 6.07 Å². The fourth-order valence-corrected chi connectivity index (χ4v) is 0.373. The minimum atomic E-state index is 0.732. The van der Waals surface area contributed by atoms with Gasteiger partial charge in [0.1, 0.15) is 6.20 Å². The van der Waals surface area contributed by atoms with E-state index in [9.17, 15) is 0 Å². The quantitative estimate of drug-likeness (QED) is 0.376. The largest absolute Gasteiger partial charge is 0.397 e. The molecule has 2 heteroatoms. The van der Waals surface area contributed by atoms with Crippen LogP contribution in [0.1, 0.15) is 20.8 Å². The summed E-state index contributed by atoms with van der Waals surface area (Å²) >= 11 is 0. The van der Waals surface area contributed by atoms with Crippen LogP contribution in [-0.2, 0) is 0 Å². The van der Waals surface area contributed by atoms with Gasteiger partial charge in [0.05, 0.1) is 6.92 Å². The number of aliphatic imine (C=N–C) groups is 1. The van der Waals surface area contributed by atoms with Gasteiger partial charge < -0.3 is 0 Å². The zero-order valence-corrected chi connectivity index (χ0v) is 6.05.